The van der Waals surface area contributed by atoms with Crippen molar-refractivity contribution in [3.63, 3.8) is 0 Å². The molecule has 8 nitrogen and oxygen atoms in total. The number of thiazole rings is 1. The van der Waals surface area contributed by atoms with Gasteiger partial charge < -0.3 is 28.6 Å². The maximum atomic E-state index is 5.78. The minimum Gasteiger partial charge on any atom is -0.496 e. The Morgan fingerprint density at radius 1 is 1.09 bits per heavy atom. The predicted molar refractivity (Wildman–Crippen MR) is 131 cm³/mol. The summed E-state index contributed by atoms with van der Waals surface area (Å²) in [4.78, 5) is 3.50. The Morgan fingerprint density at radius 3 is 2.36 bits per heavy atom. The summed E-state index contributed by atoms with van der Waals surface area (Å²) in [6.45, 7) is 7.23. The van der Waals surface area contributed by atoms with Crippen molar-refractivity contribution in [2.75, 3.05) is 52.6 Å². The monoisotopic (exact) mass is 475 g/mol. The second-order valence-electron chi connectivity index (χ2n) is 7.87. The third-order valence-corrected chi connectivity index (χ3v) is 6.85. The fourth-order valence-electron chi connectivity index (χ4n) is 4.46. The zero-order valence-corrected chi connectivity index (χ0v) is 20.9. The number of nitrogens with zero attached hydrogens (tertiary/aromatic N) is 3. The summed E-state index contributed by atoms with van der Waals surface area (Å²) in [5, 5.41) is 6.96. The summed E-state index contributed by atoms with van der Waals surface area (Å²) >= 11 is 1.65. The van der Waals surface area contributed by atoms with Gasteiger partial charge in [-0.1, -0.05) is 6.92 Å². The van der Waals surface area contributed by atoms with Gasteiger partial charge in [-0.2, -0.15) is 0 Å². The van der Waals surface area contributed by atoms with Crippen molar-refractivity contribution in [3.05, 3.63) is 17.5 Å². The van der Waals surface area contributed by atoms with Crippen LogP contribution in [0, 0.1) is 0 Å². The highest BCUT2D eigenvalue weighted by atomic mass is 32.1. The third-order valence-electron chi connectivity index (χ3n) is 5.92. The van der Waals surface area contributed by atoms with Crippen molar-refractivity contribution in [1.82, 2.24) is 9.61 Å². The van der Waals surface area contributed by atoms with Crippen molar-refractivity contribution >= 4 is 21.9 Å². The summed E-state index contributed by atoms with van der Waals surface area (Å²) in [5.41, 5.74) is 2.77. The van der Waals surface area contributed by atoms with Crippen molar-refractivity contribution in [2.24, 2.45) is 0 Å². The Labute approximate surface area is 199 Å². The smallest absolute Gasteiger partial charge is 0.258 e. The van der Waals surface area contributed by atoms with Crippen molar-refractivity contribution < 1.29 is 23.7 Å². The maximum Gasteiger partial charge on any atom is 0.258 e. The molecule has 180 valence electrons. The molecule has 0 N–H and O–H groups in total. The number of anilines is 1. The Bertz CT molecular complexity index is 1050. The molecule has 4 rings (SSSR count). The van der Waals surface area contributed by atoms with Crippen molar-refractivity contribution in [2.45, 2.75) is 39.2 Å². The molecule has 3 aromatic rings. The molecule has 1 aromatic carbocycles. The van der Waals surface area contributed by atoms with E-state index in [0.29, 0.717) is 35.8 Å². The molecule has 1 fully saturated rings. The molecule has 0 atom stereocenters. The second-order valence-corrected chi connectivity index (χ2v) is 8.73. The van der Waals surface area contributed by atoms with Crippen LogP contribution in [0.2, 0.25) is 0 Å². The quantitative estimate of drug-likeness (QED) is 0.414. The van der Waals surface area contributed by atoms with E-state index in [9.17, 15) is 0 Å². The van der Waals surface area contributed by atoms with Crippen LogP contribution >= 0.6 is 11.3 Å². The van der Waals surface area contributed by atoms with Gasteiger partial charge >= 0.3 is 0 Å². The van der Waals surface area contributed by atoms with Gasteiger partial charge in [-0.25, -0.2) is 4.52 Å². The molecule has 1 saturated heterocycles. The van der Waals surface area contributed by atoms with E-state index in [2.05, 4.69) is 17.2 Å². The molecule has 9 heteroatoms. The van der Waals surface area contributed by atoms with Crippen molar-refractivity contribution in [1.29, 1.82) is 0 Å². The lowest BCUT2D eigenvalue weighted by Gasteiger charge is -2.35. The average molecular weight is 476 g/mol. The lowest BCUT2D eigenvalue weighted by Crippen LogP contribution is -2.40. The van der Waals surface area contributed by atoms with Crippen LogP contribution in [-0.4, -0.2) is 63.4 Å². The number of ether oxygens (including phenoxy) is 5. The van der Waals surface area contributed by atoms with Gasteiger partial charge in [-0.3, -0.25) is 0 Å². The number of aromatic nitrogens is 2. The highest BCUT2D eigenvalue weighted by Crippen LogP contribution is 2.46. The van der Waals surface area contributed by atoms with Crippen LogP contribution in [0.4, 0.5) is 5.69 Å². The zero-order valence-electron chi connectivity index (χ0n) is 20.1. The predicted octanol–water partition coefficient (Wildman–Crippen LogP) is 4.88. The van der Waals surface area contributed by atoms with Gasteiger partial charge in [0, 0.05) is 43.3 Å². The average Bonchev–Trinajstić information content (AvgIpc) is 3.41. The molecule has 1 aliphatic heterocycles. The van der Waals surface area contributed by atoms with Gasteiger partial charge in [-0.15, -0.1) is 16.4 Å². The van der Waals surface area contributed by atoms with Crippen LogP contribution in [0.15, 0.2) is 17.5 Å². The summed E-state index contributed by atoms with van der Waals surface area (Å²) in [6.07, 6.45) is 3.04. The SMILES string of the molecule is CCCN(c1c(OC)nn2c(-c3c(OC)cc(OCC)cc3OC)csc12)C1CCOCC1. The molecule has 0 saturated carbocycles. The van der Waals surface area contributed by atoms with E-state index in [-0.39, 0.29) is 0 Å². The van der Waals surface area contributed by atoms with E-state index in [4.69, 9.17) is 28.8 Å². The molecule has 3 heterocycles. The standard InChI is InChI=1S/C24H33N3O5S/c1-6-10-26(16-8-11-31-12-9-16)22-23(30-5)25-27-18(15-33-24(22)27)21-19(28-3)13-17(32-7-2)14-20(21)29-4/h13-16H,6-12H2,1-5H3. The fourth-order valence-corrected chi connectivity index (χ4v) is 5.46. The molecule has 0 bridgehead atoms. The summed E-state index contributed by atoms with van der Waals surface area (Å²) in [6, 6.07) is 4.18. The Kier molecular flexibility index (Phi) is 7.49. The van der Waals surface area contributed by atoms with Gasteiger partial charge in [0.05, 0.1) is 39.2 Å². The van der Waals surface area contributed by atoms with Crippen LogP contribution in [0.3, 0.4) is 0 Å². The van der Waals surface area contributed by atoms with E-state index in [1.165, 1.54) is 0 Å². The van der Waals surface area contributed by atoms with Crippen LogP contribution in [0.1, 0.15) is 33.1 Å². The molecular formula is C24H33N3O5S. The minimum atomic E-state index is 0.403. The summed E-state index contributed by atoms with van der Waals surface area (Å²) < 4.78 is 30.5. The van der Waals surface area contributed by atoms with Crippen molar-refractivity contribution in [3.8, 4) is 34.4 Å². The lowest BCUT2D eigenvalue weighted by molar-refractivity contribution is 0.0843. The van der Waals surface area contributed by atoms with E-state index in [1.807, 2.05) is 23.6 Å². The number of hydrogen-bond donors (Lipinski definition) is 0. The van der Waals surface area contributed by atoms with Crippen LogP contribution < -0.4 is 23.8 Å². The normalized spacial score (nSPS) is 14.5. The molecule has 2 aromatic heterocycles. The molecule has 0 unspecified atom stereocenters. The van der Waals surface area contributed by atoms with Gasteiger partial charge in [0.25, 0.3) is 5.88 Å². The molecule has 0 aliphatic carbocycles. The molecule has 33 heavy (non-hydrogen) atoms. The van der Waals surface area contributed by atoms with E-state index in [1.54, 1.807) is 32.7 Å². The van der Waals surface area contributed by atoms with Crippen LogP contribution in [-0.2, 0) is 4.74 Å². The van der Waals surface area contributed by atoms with Gasteiger partial charge in [0.1, 0.15) is 27.8 Å². The van der Waals surface area contributed by atoms with Gasteiger partial charge in [0.15, 0.2) is 0 Å². The summed E-state index contributed by atoms with van der Waals surface area (Å²) in [5.74, 6) is 2.67. The minimum absolute atomic E-state index is 0.403. The number of methoxy groups -OCH3 is 3. The first-order valence-electron chi connectivity index (χ1n) is 11.4. The first-order chi connectivity index (χ1) is 16.2. The molecule has 0 spiro atoms. The van der Waals surface area contributed by atoms with Crippen LogP contribution in [0.25, 0.3) is 16.1 Å². The molecule has 1 aliphatic rings. The number of benzene rings is 1. The highest BCUT2D eigenvalue weighted by molar-refractivity contribution is 7.16. The second kappa shape index (κ2) is 10.5. The molecule has 0 radical (unpaired) electrons. The number of rotatable bonds is 10. The lowest BCUT2D eigenvalue weighted by atomic mass is 10.1. The first-order valence-corrected chi connectivity index (χ1v) is 12.3. The third kappa shape index (κ3) is 4.44. The number of hydrogen-bond acceptors (Lipinski definition) is 8. The van der Waals surface area contributed by atoms with Crippen LogP contribution in [0.5, 0.6) is 23.1 Å². The van der Waals surface area contributed by atoms with E-state index < -0.39 is 0 Å². The Balaban J connectivity index is 1.86. The Hall–Kier alpha value is -2.65. The highest BCUT2D eigenvalue weighted by Gasteiger charge is 2.30. The fraction of sp³-hybridized carbons (Fsp3) is 0.542. The Morgan fingerprint density at radius 2 is 1.79 bits per heavy atom. The summed E-state index contributed by atoms with van der Waals surface area (Å²) in [7, 11) is 4.99. The number of fused-ring (bicyclic) bond motifs is 1. The van der Waals surface area contributed by atoms with E-state index >= 15 is 0 Å². The van der Waals surface area contributed by atoms with Gasteiger partial charge in [0.2, 0.25) is 0 Å². The maximum absolute atomic E-state index is 5.78. The first kappa shape index (κ1) is 23.5. The molecule has 0 amide bonds. The molecular weight excluding hydrogens is 442 g/mol. The zero-order chi connectivity index (χ0) is 23.4. The largest absolute Gasteiger partial charge is 0.496 e. The van der Waals surface area contributed by atoms with E-state index in [0.717, 1.165) is 60.8 Å². The topological polar surface area (TPSA) is 66.7 Å². The van der Waals surface area contributed by atoms with Gasteiger partial charge in [-0.05, 0) is 26.2 Å².